The van der Waals surface area contributed by atoms with E-state index in [9.17, 15) is 0 Å². The van der Waals surface area contributed by atoms with Crippen molar-refractivity contribution in [2.75, 3.05) is 13.1 Å². The first kappa shape index (κ1) is 22.2. The number of hydrogen-bond donors (Lipinski definition) is 2. The fourth-order valence-corrected chi connectivity index (χ4v) is 5.84. The lowest BCUT2D eigenvalue weighted by atomic mass is 10.0. The van der Waals surface area contributed by atoms with E-state index in [1.807, 2.05) is 29.8 Å². The van der Waals surface area contributed by atoms with Gasteiger partial charge in [0.1, 0.15) is 11.5 Å². The van der Waals surface area contributed by atoms with Crippen LogP contribution in [0.25, 0.3) is 55.3 Å². The monoisotopic (exact) mass is 510 g/mol. The van der Waals surface area contributed by atoms with Crippen LogP contribution >= 0.6 is 11.3 Å². The van der Waals surface area contributed by atoms with Crippen LogP contribution in [0.15, 0.2) is 54.4 Å². The average Bonchev–Trinajstić information content (AvgIpc) is 3.69. The summed E-state index contributed by atoms with van der Waals surface area (Å²) in [5.41, 5.74) is 5.23. The number of nitrogens with zero attached hydrogens (tertiary/aromatic N) is 6. The van der Waals surface area contributed by atoms with E-state index in [1.165, 1.54) is 25.5 Å². The zero-order valence-electron chi connectivity index (χ0n) is 19.9. The molecule has 7 heterocycles. The first-order chi connectivity index (χ1) is 18.2. The summed E-state index contributed by atoms with van der Waals surface area (Å²) in [5.74, 6) is 0.0569. The molecule has 184 valence electrons. The first-order valence-corrected chi connectivity index (χ1v) is 13.2. The summed E-state index contributed by atoms with van der Waals surface area (Å²) in [6.07, 6.45) is 10.5. The summed E-state index contributed by atoms with van der Waals surface area (Å²) in [7, 11) is 0. The Hall–Kier alpha value is -4.02. The molecule has 10 heteroatoms. The predicted octanol–water partition coefficient (Wildman–Crippen LogP) is 5.81. The normalized spacial score (nSPS) is 14.6. The van der Waals surface area contributed by atoms with Gasteiger partial charge in [0.15, 0.2) is 17.1 Å². The molecule has 37 heavy (non-hydrogen) atoms. The Balaban J connectivity index is 1.30. The van der Waals surface area contributed by atoms with Gasteiger partial charge in [-0.3, -0.25) is 15.0 Å². The minimum atomic E-state index is -0.405. The third kappa shape index (κ3) is 3.98. The highest BCUT2D eigenvalue weighted by Gasteiger charge is 2.21. The topological polar surface area (TPSA) is 99.3 Å². The van der Waals surface area contributed by atoms with Crippen molar-refractivity contribution < 1.29 is 4.39 Å². The van der Waals surface area contributed by atoms with E-state index in [4.69, 9.17) is 0 Å². The molecule has 0 aromatic carbocycles. The number of thiophene rings is 1. The molecule has 0 bridgehead atoms. The molecule has 6 aromatic heterocycles. The average molecular weight is 511 g/mol. The number of H-pyrrole nitrogens is 2. The quantitative estimate of drug-likeness (QED) is 0.304. The Kier molecular flexibility index (Phi) is 5.48. The lowest BCUT2D eigenvalue weighted by Gasteiger charge is -2.26. The maximum Gasteiger partial charge on any atom is 0.184 e. The van der Waals surface area contributed by atoms with E-state index in [1.54, 1.807) is 23.7 Å². The van der Waals surface area contributed by atoms with Crippen molar-refractivity contribution in [3.63, 3.8) is 0 Å². The lowest BCUT2D eigenvalue weighted by molar-refractivity contribution is 0.220. The molecule has 1 fully saturated rings. The van der Waals surface area contributed by atoms with Crippen molar-refractivity contribution in [1.29, 1.82) is 0 Å². The number of pyridine rings is 3. The van der Waals surface area contributed by atoms with Crippen molar-refractivity contribution in [3.8, 4) is 33.1 Å². The van der Waals surface area contributed by atoms with Crippen molar-refractivity contribution in [2.45, 2.75) is 25.8 Å². The van der Waals surface area contributed by atoms with Crippen LogP contribution in [0, 0.1) is 5.82 Å². The molecule has 0 atom stereocenters. The van der Waals surface area contributed by atoms with Crippen LogP contribution in [0.4, 0.5) is 4.39 Å². The molecule has 2 N–H and O–H groups in total. The van der Waals surface area contributed by atoms with Crippen LogP contribution in [-0.4, -0.2) is 53.1 Å². The Morgan fingerprint density at radius 2 is 1.92 bits per heavy atom. The fourth-order valence-electron chi connectivity index (χ4n) is 5.09. The number of aromatic nitrogens is 7. The van der Waals surface area contributed by atoms with Gasteiger partial charge >= 0.3 is 0 Å². The summed E-state index contributed by atoms with van der Waals surface area (Å²) in [4.78, 5) is 24.8. The summed E-state index contributed by atoms with van der Waals surface area (Å²) >= 11 is 1.64. The number of fused-ring (bicyclic) bond motifs is 2. The van der Waals surface area contributed by atoms with Gasteiger partial charge in [-0.05, 0) is 55.1 Å². The zero-order valence-corrected chi connectivity index (χ0v) is 20.7. The van der Waals surface area contributed by atoms with Crippen molar-refractivity contribution in [3.05, 3.63) is 65.8 Å². The number of likely N-dealkylation sites (tertiary alicyclic amines) is 1. The van der Waals surface area contributed by atoms with Crippen LogP contribution in [0.3, 0.4) is 0 Å². The molecular formula is C27H23FN8S. The maximum absolute atomic E-state index is 16.1. The molecule has 8 nitrogen and oxygen atoms in total. The Bertz CT molecular complexity index is 1720. The predicted molar refractivity (Wildman–Crippen MR) is 142 cm³/mol. The molecule has 6 aromatic rings. The van der Waals surface area contributed by atoms with Gasteiger partial charge in [-0.2, -0.15) is 5.10 Å². The van der Waals surface area contributed by atoms with Gasteiger partial charge < -0.3 is 4.98 Å². The smallest absolute Gasteiger partial charge is 0.184 e. The minimum Gasteiger partial charge on any atom is -0.335 e. The summed E-state index contributed by atoms with van der Waals surface area (Å²) in [6.45, 7) is 2.99. The minimum absolute atomic E-state index is 0.288. The number of nitrogens with one attached hydrogen (secondary N) is 2. The fraction of sp³-hybridized carbons (Fsp3) is 0.222. The van der Waals surface area contributed by atoms with E-state index in [-0.39, 0.29) is 5.39 Å². The molecule has 7 rings (SSSR count). The van der Waals surface area contributed by atoms with Gasteiger partial charge in [-0.15, -0.1) is 11.3 Å². The van der Waals surface area contributed by atoms with E-state index < -0.39 is 5.82 Å². The molecule has 0 saturated carbocycles. The number of imidazole rings is 1. The molecule has 1 aliphatic rings. The van der Waals surface area contributed by atoms with Crippen LogP contribution in [0.5, 0.6) is 0 Å². The molecule has 1 aliphatic heterocycles. The first-order valence-electron chi connectivity index (χ1n) is 12.3. The highest BCUT2D eigenvalue weighted by atomic mass is 32.1. The number of halogens is 1. The highest BCUT2D eigenvalue weighted by molar-refractivity contribution is 7.13. The third-order valence-corrected chi connectivity index (χ3v) is 7.80. The van der Waals surface area contributed by atoms with Gasteiger partial charge in [-0.25, -0.2) is 19.3 Å². The lowest BCUT2D eigenvalue weighted by Crippen LogP contribution is -2.29. The largest absolute Gasteiger partial charge is 0.335 e. The Morgan fingerprint density at radius 1 is 1.00 bits per heavy atom. The van der Waals surface area contributed by atoms with Crippen LogP contribution in [0.1, 0.15) is 24.8 Å². The van der Waals surface area contributed by atoms with Crippen LogP contribution in [-0.2, 0) is 6.54 Å². The molecule has 0 aliphatic carbocycles. The van der Waals surface area contributed by atoms with E-state index in [0.29, 0.717) is 33.9 Å². The van der Waals surface area contributed by atoms with Gasteiger partial charge in [0.2, 0.25) is 0 Å². The molecule has 0 unspecified atom stereocenters. The van der Waals surface area contributed by atoms with Crippen molar-refractivity contribution in [1.82, 2.24) is 40.0 Å². The number of rotatable bonds is 5. The van der Waals surface area contributed by atoms with Gasteiger partial charge in [0, 0.05) is 52.9 Å². The summed E-state index contributed by atoms with van der Waals surface area (Å²) in [6, 6.07) is 8.01. The van der Waals surface area contributed by atoms with Crippen molar-refractivity contribution >= 4 is 33.5 Å². The summed E-state index contributed by atoms with van der Waals surface area (Å²) < 4.78 is 16.1. The highest BCUT2D eigenvalue weighted by Crippen LogP contribution is 2.35. The van der Waals surface area contributed by atoms with E-state index in [0.717, 1.165) is 41.2 Å². The number of hydrogen-bond acceptors (Lipinski definition) is 7. The van der Waals surface area contributed by atoms with Gasteiger partial charge in [-0.1, -0.05) is 12.5 Å². The molecule has 0 spiro atoms. The van der Waals surface area contributed by atoms with Gasteiger partial charge in [0.05, 0.1) is 10.9 Å². The van der Waals surface area contributed by atoms with Crippen LogP contribution < -0.4 is 0 Å². The second-order valence-corrected chi connectivity index (χ2v) is 10.3. The van der Waals surface area contributed by atoms with E-state index in [2.05, 4.69) is 46.1 Å². The second kappa shape index (κ2) is 9.13. The maximum atomic E-state index is 16.1. The Labute approximate surface area is 215 Å². The number of aromatic amines is 2. The molecule has 0 radical (unpaired) electrons. The standard InChI is InChI=1S/C27H23FN8S/c28-22-19(17-11-16(12-29-13-17)15-36-8-2-1-3-9-36)14-31-25-21(22)24(34-35-25)27-32-23-18(20-5-4-10-37-20)6-7-30-26(23)33-27/h4-7,10-14H,1-3,8-9,15H2,(H,30,32,33)(H,31,34,35). The number of piperidine rings is 1. The van der Waals surface area contributed by atoms with Crippen LogP contribution in [0.2, 0.25) is 0 Å². The second-order valence-electron chi connectivity index (χ2n) is 9.32. The molecule has 0 amide bonds. The van der Waals surface area contributed by atoms with Crippen molar-refractivity contribution in [2.24, 2.45) is 0 Å². The Morgan fingerprint density at radius 3 is 2.78 bits per heavy atom. The SMILES string of the molecule is Fc1c(-c2cncc(CN3CCCCC3)c2)cnc2n[nH]c(-c3nc4nccc(-c5cccs5)c4[nH]3)c12. The molecular weight excluding hydrogens is 487 g/mol. The summed E-state index contributed by atoms with van der Waals surface area (Å²) in [5, 5.41) is 9.50. The zero-order chi connectivity index (χ0) is 24.8. The van der Waals surface area contributed by atoms with E-state index >= 15 is 4.39 Å². The third-order valence-electron chi connectivity index (χ3n) is 6.90. The van der Waals surface area contributed by atoms with Gasteiger partial charge in [0.25, 0.3) is 0 Å². The molecule has 1 saturated heterocycles.